The lowest BCUT2D eigenvalue weighted by atomic mass is 10.0. The van der Waals surface area contributed by atoms with E-state index in [2.05, 4.69) is 19.8 Å². The summed E-state index contributed by atoms with van der Waals surface area (Å²) in [5.74, 6) is -0.107. The summed E-state index contributed by atoms with van der Waals surface area (Å²) in [6.45, 7) is 2.83. The third-order valence-corrected chi connectivity index (χ3v) is 6.97. The van der Waals surface area contributed by atoms with Gasteiger partial charge < -0.3 is 14.2 Å². The van der Waals surface area contributed by atoms with E-state index in [1.807, 2.05) is 31.7 Å². The molecular formula is C24H29N5O4. The highest BCUT2D eigenvalue weighted by Crippen LogP contribution is 2.30. The van der Waals surface area contributed by atoms with E-state index in [0.29, 0.717) is 31.2 Å². The molecule has 2 atom stereocenters. The number of carbonyl (C=O) groups excluding carboxylic acids is 3. The Hall–Kier alpha value is -3.20. The zero-order valence-electron chi connectivity index (χ0n) is 18.8. The van der Waals surface area contributed by atoms with Crippen LogP contribution in [0.1, 0.15) is 53.7 Å². The number of piperidine rings is 2. The number of nitrogens with one attached hydrogen (secondary N) is 1. The molecule has 3 aliphatic rings. The van der Waals surface area contributed by atoms with Gasteiger partial charge in [-0.1, -0.05) is 6.42 Å². The number of hydrogen-bond donors (Lipinski definition) is 1. The molecule has 1 aromatic carbocycles. The fourth-order valence-electron chi connectivity index (χ4n) is 5.03. The van der Waals surface area contributed by atoms with Crippen molar-refractivity contribution < 1.29 is 19.1 Å². The van der Waals surface area contributed by atoms with Crippen LogP contribution in [0.2, 0.25) is 0 Å². The molecule has 0 saturated carbocycles. The lowest BCUT2D eigenvalue weighted by Crippen LogP contribution is -2.52. The molecule has 9 heteroatoms. The Morgan fingerprint density at radius 1 is 1.18 bits per heavy atom. The van der Waals surface area contributed by atoms with Gasteiger partial charge in [-0.3, -0.25) is 24.6 Å². The molecule has 33 heavy (non-hydrogen) atoms. The second-order valence-electron chi connectivity index (χ2n) is 9.15. The number of imide groups is 1. The summed E-state index contributed by atoms with van der Waals surface area (Å²) in [5.41, 5.74) is 2.65. The van der Waals surface area contributed by atoms with Crippen LogP contribution in [0.3, 0.4) is 0 Å². The summed E-state index contributed by atoms with van der Waals surface area (Å²) in [6, 6.07) is 5.25. The van der Waals surface area contributed by atoms with E-state index in [-0.39, 0.29) is 18.2 Å². The van der Waals surface area contributed by atoms with Gasteiger partial charge in [-0.05, 0) is 49.6 Å². The van der Waals surface area contributed by atoms with Gasteiger partial charge in [0.05, 0.1) is 12.0 Å². The van der Waals surface area contributed by atoms with E-state index in [4.69, 9.17) is 4.74 Å². The number of ether oxygens (including phenoxy) is 1. The average molecular weight is 452 g/mol. The molecule has 2 saturated heterocycles. The molecule has 174 valence electrons. The van der Waals surface area contributed by atoms with Crippen LogP contribution in [0.25, 0.3) is 0 Å². The average Bonchev–Trinajstić information content (AvgIpc) is 3.35. The Balaban J connectivity index is 1.23. The van der Waals surface area contributed by atoms with Crippen LogP contribution in [0.4, 0.5) is 0 Å². The zero-order valence-corrected chi connectivity index (χ0v) is 18.8. The predicted molar refractivity (Wildman–Crippen MR) is 119 cm³/mol. The number of aromatic nitrogens is 2. The van der Waals surface area contributed by atoms with Gasteiger partial charge in [-0.15, -0.1) is 0 Å². The summed E-state index contributed by atoms with van der Waals surface area (Å²) in [5, 5.41) is 2.34. The van der Waals surface area contributed by atoms with Gasteiger partial charge in [0.25, 0.3) is 5.91 Å². The van der Waals surface area contributed by atoms with E-state index in [1.54, 1.807) is 11.0 Å². The maximum atomic E-state index is 12.9. The van der Waals surface area contributed by atoms with E-state index < -0.39 is 11.9 Å². The molecule has 9 nitrogen and oxygen atoms in total. The highest BCUT2D eigenvalue weighted by Gasteiger charge is 2.39. The van der Waals surface area contributed by atoms with Crippen molar-refractivity contribution in [3.05, 3.63) is 47.5 Å². The number of imidazole rings is 1. The van der Waals surface area contributed by atoms with Gasteiger partial charge in [0.2, 0.25) is 11.8 Å². The molecule has 5 rings (SSSR count). The molecule has 3 aliphatic heterocycles. The zero-order chi connectivity index (χ0) is 22.9. The van der Waals surface area contributed by atoms with Gasteiger partial charge >= 0.3 is 0 Å². The van der Waals surface area contributed by atoms with E-state index in [0.717, 1.165) is 30.8 Å². The first-order valence-electron chi connectivity index (χ1n) is 11.6. The molecule has 1 N–H and O–H groups in total. The molecule has 2 fully saturated rings. The summed E-state index contributed by atoms with van der Waals surface area (Å²) < 4.78 is 8.24. The number of amides is 3. The highest BCUT2D eigenvalue weighted by molar-refractivity contribution is 6.05. The highest BCUT2D eigenvalue weighted by atomic mass is 16.5. The Bertz CT molecular complexity index is 1080. The molecule has 1 unspecified atom stereocenters. The number of aryl methyl sites for hydroxylation is 1. The SMILES string of the molecule is Cn1cncc1CN1CCCC[C@H]1COc1ccc2c(c1)CN(C1CCC(=O)NC1=O)C2=O. The van der Waals surface area contributed by atoms with Crippen LogP contribution < -0.4 is 10.1 Å². The molecule has 0 aliphatic carbocycles. The Labute approximate surface area is 192 Å². The van der Waals surface area contributed by atoms with Crippen molar-refractivity contribution in [3.63, 3.8) is 0 Å². The second kappa shape index (κ2) is 8.97. The minimum absolute atomic E-state index is 0.166. The monoisotopic (exact) mass is 451 g/mol. The summed E-state index contributed by atoms with van der Waals surface area (Å²) in [6.07, 6.45) is 7.82. The van der Waals surface area contributed by atoms with Gasteiger partial charge in [-0.2, -0.15) is 0 Å². The number of carbonyl (C=O) groups is 3. The molecule has 0 radical (unpaired) electrons. The topological polar surface area (TPSA) is 96.8 Å². The smallest absolute Gasteiger partial charge is 0.255 e. The molecule has 2 aromatic rings. The number of fused-ring (bicyclic) bond motifs is 1. The van der Waals surface area contributed by atoms with Gasteiger partial charge in [0.15, 0.2) is 0 Å². The van der Waals surface area contributed by atoms with Crippen molar-refractivity contribution in [3.8, 4) is 5.75 Å². The van der Waals surface area contributed by atoms with Gasteiger partial charge in [0, 0.05) is 44.4 Å². The summed E-state index contributed by atoms with van der Waals surface area (Å²) in [7, 11) is 2.02. The van der Waals surface area contributed by atoms with Crippen molar-refractivity contribution in [2.75, 3.05) is 13.2 Å². The fraction of sp³-hybridized carbons (Fsp3) is 0.500. The lowest BCUT2D eigenvalue weighted by Gasteiger charge is -2.35. The standard InChI is InChI=1S/C24H29N5O4/c1-27-15-25-11-18(27)13-28-9-3-2-4-17(28)14-33-19-5-6-20-16(10-19)12-29(24(20)32)21-7-8-22(30)26-23(21)31/h5-6,10-11,15,17,21H,2-4,7-9,12-14H2,1H3,(H,26,30,31)/t17-,21?/m0/s1. The third-order valence-electron chi connectivity index (χ3n) is 6.97. The Morgan fingerprint density at radius 2 is 2.06 bits per heavy atom. The van der Waals surface area contributed by atoms with Gasteiger partial charge in [0.1, 0.15) is 18.4 Å². The minimum Gasteiger partial charge on any atom is -0.492 e. The molecule has 0 bridgehead atoms. The lowest BCUT2D eigenvalue weighted by molar-refractivity contribution is -0.136. The van der Waals surface area contributed by atoms with E-state index in [1.165, 1.54) is 18.5 Å². The van der Waals surface area contributed by atoms with Crippen LogP contribution in [-0.4, -0.2) is 62.3 Å². The third kappa shape index (κ3) is 4.37. The maximum Gasteiger partial charge on any atom is 0.255 e. The van der Waals surface area contributed by atoms with Crippen LogP contribution in [0.15, 0.2) is 30.7 Å². The first kappa shape index (κ1) is 21.6. The number of benzene rings is 1. The quantitative estimate of drug-likeness (QED) is 0.671. The Morgan fingerprint density at radius 3 is 2.85 bits per heavy atom. The molecule has 0 spiro atoms. The summed E-state index contributed by atoms with van der Waals surface area (Å²) in [4.78, 5) is 44.8. The van der Waals surface area contributed by atoms with Gasteiger partial charge in [-0.25, -0.2) is 4.98 Å². The van der Waals surface area contributed by atoms with E-state index in [9.17, 15) is 14.4 Å². The molecular weight excluding hydrogens is 422 g/mol. The largest absolute Gasteiger partial charge is 0.492 e. The van der Waals surface area contributed by atoms with Crippen molar-refractivity contribution in [1.29, 1.82) is 0 Å². The van der Waals surface area contributed by atoms with E-state index >= 15 is 0 Å². The van der Waals surface area contributed by atoms with Crippen LogP contribution >= 0.6 is 0 Å². The van der Waals surface area contributed by atoms with Crippen molar-refractivity contribution >= 4 is 17.7 Å². The van der Waals surface area contributed by atoms with Crippen LogP contribution in [-0.2, 0) is 29.7 Å². The summed E-state index contributed by atoms with van der Waals surface area (Å²) >= 11 is 0. The van der Waals surface area contributed by atoms with Crippen LogP contribution in [0, 0.1) is 0 Å². The molecule has 3 amide bonds. The van der Waals surface area contributed by atoms with Crippen LogP contribution in [0.5, 0.6) is 5.75 Å². The van der Waals surface area contributed by atoms with Crippen molar-refractivity contribution in [2.24, 2.45) is 7.05 Å². The number of hydrogen-bond acceptors (Lipinski definition) is 6. The van der Waals surface area contributed by atoms with Crippen molar-refractivity contribution in [2.45, 2.75) is 57.3 Å². The number of rotatable bonds is 6. The first-order chi connectivity index (χ1) is 16.0. The molecule has 1 aromatic heterocycles. The first-order valence-corrected chi connectivity index (χ1v) is 11.6. The second-order valence-corrected chi connectivity index (χ2v) is 9.15. The number of likely N-dealkylation sites (tertiary alicyclic amines) is 1. The fourth-order valence-corrected chi connectivity index (χ4v) is 5.03. The normalized spacial score (nSPS) is 23.5. The number of nitrogens with zero attached hydrogens (tertiary/aromatic N) is 4. The minimum atomic E-state index is -0.602. The molecule has 4 heterocycles. The Kier molecular flexibility index (Phi) is 5.88. The maximum absolute atomic E-state index is 12.9. The van der Waals surface area contributed by atoms with Crippen molar-refractivity contribution in [1.82, 2.24) is 24.7 Å². The predicted octanol–water partition coefficient (Wildman–Crippen LogP) is 1.61.